The largest absolute Gasteiger partial charge is 0.531 e. The van der Waals surface area contributed by atoms with E-state index in [1.54, 1.807) is 0 Å². The number of hydrogen-bond acceptors (Lipinski definition) is 9. The summed E-state index contributed by atoms with van der Waals surface area (Å²) in [5, 5.41) is 0. The van der Waals surface area contributed by atoms with E-state index in [1.165, 1.54) is 0 Å². The van der Waals surface area contributed by atoms with E-state index in [4.69, 9.17) is 41.8 Å². The van der Waals surface area contributed by atoms with Crippen LogP contribution in [0.5, 0.6) is 0 Å². The van der Waals surface area contributed by atoms with E-state index < -0.39 is 23.7 Å². The lowest BCUT2D eigenvalue weighted by Crippen LogP contribution is -2.61. The molecular weight excluding hydrogens is 498 g/mol. The van der Waals surface area contributed by atoms with Crippen LogP contribution in [0.2, 0.25) is 0 Å². The van der Waals surface area contributed by atoms with Crippen LogP contribution in [0, 0.1) is 0 Å². The third-order valence-electron chi connectivity index (χ3n) is 5.81. The van der Waals surface area contributed by atoms with Crippen LogP contribution in [-0.2, 0) is 36.0 Å². The number of nitrogens with two attached hydrogens (primary N) is 1. The van der Waals surface area contributed by atoms with Gasteiger partial charge in [-0.2, -0.15) is 0 Å². The summed E-state index contributed by atoms with van der Waals surface area (Å²) in [7, 11) is -6.14. The summed E-state index contributed by atoms with van der Waals surface area (Å²) in [4.78, 5) is 0. The lowest BCUT2D eigenvalue weighted by molar-refractivity contribution is -0.0866. The molecule has 0 fully saturated rings. The molecule has 2 N–H and O–H groups in total. The third-order valence-corrected chi connectivity index (χ3v) is 12.4. The number of hydrogen-bond donors (Lipinski definition) is 1. The Hall–Kier alpha value is 0.0738. The van der Waals surface area contributed by atoms with Crippen molar-refractivity contribution >= 4 is 17.6 Å². The summed E-state index contributed by atoms with van der Waals surface area (Å²) in [6, 6.07) is -0.406. The van der Waals surface area contributed by atoms with Gasteiger partial charge in [0, 0.05) is 39.6 Å². The average Bonchev–Trinajstić information content (AvgIpc) is 2.83. The van der Waals surface area contributed by atoms with Crippen LogP contribution in [0.1, 0.15) is 94.9 Å². The summed E-state index contributed by atoms with van der Waals surface area (Å²) in [6.45, 7) is 22.9. The molecule has 0 aliphatic rings. The van der Waals surface area contributed by atoms with Gasteiger partial charge in [-0.05, 0) is 68.2 Å². The number of rotatable bonds is 24. The van der Waals surface area contributed by atoms with Crippen LogP contribution in [0.4, 0.5) is 0 Å². The molecule has 0 heterocycles. The Balaban J connectivity index is 5.79. The fourth-order valence-electron chi connectivity index (χ4n) is 4.28. The minimum absolute atomic E-state index is 0.314. The van der Waals surface area contributed by atoms with Crippen LogP contribution >= 0.6 is 0 Å². The molecule has 0 saturated heterocycles. The van der Waals surface area contributed by atoms with E-state index in [-0.39, 0.29) is 23.7 Å². The van der Waals surface area contributed by atoms with Gasteiger partial charge in [0.15, 0.2) is 0 Å². The van der Waals surface area contributed by atoms with Gasteiger partial charge in [0.1, 0.15) is 11.5 Å². The van der Waals surface area contributed by atoms with Gasteiger partial charge in [0.05, 0.1) is 18.2 Å². The van der Waals surface area contributed by atoms with Crippen LogP contribution in [0.15, 0.2) is 0 Å². The second-order valence-electron chi connectivity index (χ2n) is 8.62. The molecule has 9 nitrogen and oxygen atoms in total. The van der Waals surface area contributed by atoms with E-state index in [0.29, 0.717) is 39.6 Å². The Labute approximate surface area is 223 Å². The van der Waals surface area contributed by atoms with Gasteiger partial charge in [-0.1, -0.05) is 26.7 Å². The summed E-state index contributed by atoms with van der Waals surface area (Å²) >= 11 is 0. The van der Waals surface area contributed by atoms with E-state index in [9.17, 15) is 0 Å². The molecule has 4 atom stereocenters. The van der Waals surface area contributed by atoms with Crippen LogP contribution in [0.3, 0.4) is 0 Å². The minimum Gasteiger partial charge on any atom is -0.372 e. The zero-order chi connectivity index (χ0) is 27.6. The standard InChI is InChI=1S/C25H57NO8Si2/c1-11-19-23(35(27-13-3,28-14-4)29-15-5)33-21(9)25(26)22(10)34-24(20-12-2)36(30-16-6,31-17-7)32-18-8/h21-25H,11-20,26H2,1-10H3. The molecule has 0 aromatic carbocycles. The van der Waals surface area contributed by atoms with Crippen molar-refractivity contribution < 1.29 is 36.0 Å². The Morgan fingerprint density at radius 2 is 0.750 bits per heavy atom. The highest BCUT2D eigenvalue weighted by atomic mass is 28.4. The molecule has 0 aliphatic heterocycles. The third kappa shape index (κ3) is 11.1. The van der Waals surface area contributed by atoms with Crippen molar-refractivity contribution in [2.75, 3.05) is 39.6 Å². The summed E-state index contributed by atoms with van der Waals surface area (Å²) in [5.74, 6) is 0. The Morgan fingerprint density at radius 3 is 0.944 bits per heavy atom. The molecule has 11 heteroatoms. The smallest absolute Gasteiger partial charge is 0.372 e. The van der Waals surface area contributed by atoms with Crippen molar-refractivity contribution in [3.63, 3.8) is 0 Å². The van der Waals surface area contributed by atoms with Gasteiger partial charge in [-0.25, -0.2) is 0 Å². The molecule has 0 radical (unpaired) electrons. The van der Waals surface area contributed by atoms with Crippen molar-refractivity contribution in [3.05, 3.63) is 0 Å². The SMILES string of the molecule is CCCC(OC(C)C(N)C(C)OC(CCC)[Si](OCC)(OCC)OCC)[Si](OCC)(OCC)OCC. The van der Waals surface area contributed by atoms with E-state index in [1.807, 2.05) is 55.4 Å². The Bertz CT molecular complexity index is 456. The molecule has 0 spiro atoms. The van der Waals surface area contributed by atoms with Gasteiger partial charge in [-0.3, -0.25) is 0 Å². The van der Waals surface area contributed by atoms with E-state index in [2.05, 4.69) is 13.8 Å². The average molecular weight is 556 g/mol. The Kier molecular flexibility index (Phi) is 20.1. The highest BCUT2D eigenvalue weighted by molar-refractivity contribution is 6.62. The molecule has 0 aromatic heterocycles. The van der Waals surface area contributed by atoms with Crippen molar-refractivity contribution in [3.8, 4) is 0 Å². The second kappa shape index (κ2) is 20.0. The molecule has 0 rings (SSSR count). The molecule has 36 heavy (non-hydrogen) atoms. The molecule has 4 unspecified atom stereocenters. The van der Waals surface area contributed by atoms with E-state index >= 15 is 0 Å². The zero-order valence-corrected chi connectivity index (χ0v) is 26.8. The lowest BCUT2D eigenvalue weighted by Gasteiger charge is -2.40. The second-order valence-corrected chi connectivity index (χ2v) is 14.1. The minimum atomic E-state index is -3.07. The first-order valence-corrected chi connectivity index (χ1v) is 17.7. The monoisotopic (exact) mass is 555 g/mol. The van der Waals surface area contributed by atoms with Crippen molar-refractivity contribution in [2.24, 2.45) is 5.73 Å². The quantitative estimate of drug-likeness (QED) is 0.171. The first kappa shape index (κ1) is 36.1. The summed E-state index contributed by atoms with van der Waals surface area (Å²) < 4.78 is 50.0. The summed E-state index contributed by atoms with van der Waals surface area (Å²) in [5.41, 5.74) is 6.09. The van der Waals surface area contributed by atoms with Crippen molar-refractivity contribution in [2.45, 2.75) is 125 Å². The van der Waals surface area contributed by atoms with Crippen molar-refractivity contribution in [1.29, 1.82) is 0 Å². The molecule has 0 saturated carbocycles. The number of ether oxygens (including phenoxy) is 2. The fraction of sp³-hybridized carbons (Fsp3) is 1.00. The normalized spacial score (nSPS) is 17.1. The summed E-state index contributed by atoms with van der Waals surface area (Å²) in [6.07, 6.45) is 2.68. The van der Waals surface area contributed by atoms with Gasteiger partial charge in [0.2, 0.25) is 0 Å². The molecule has 218 valence electrons. The molecule has 0 aromatic rings. The van der Waals surface area contributed by atoms with E-state index in [0.717, 1.165) is 25.7 Å². The lowest BCUT2D eigenvalue weighted by atomic mass is 10.1. The first-order valence-electron chi connectivity index (χ1n) is 14.1. The topological polar surface area (TPSA) is 99.9 Å². The zero-order valence-electron chi connectivity index (χ0n) is 24.8. The highest BCUT2D eigenvalue weighted by Crippen LogP contribution is 2.27. The molecule has 0 bridgehead atoms. The van der Waals surface area contributed by atoms with Gasteiger partial charge < -0.3 is 41.8 Å². The maximum absolute atomic E-state index is 6.72. The Morgan fingerprint density at radius 1 is 0.500 bits per heavy atom. The predicted octanol–water partition coefficient (Wildman–Crippen LogP) is 4.64. The van der Waals surface area contributed by atoms with Crippen molar-refractivity contribution in [1.82, 2.24) is 0 Å². The van der Waals surface area contributed by atoms with Gasteiger partial charge in [-0.15, -0.1) is 0 Å². The van der Waals surface area contributed by atoms with Crippen LogP contribution < -0.4 is 5.73 Å². The highest BCUT2D eigenvalue weighted by Gasteiger charge is 2.52. The fourth-order valence-corrected chi connectivity index (χ4v) is 10.4. The maximum atomic E-state index is 6.72. The molecular formula is C25H57NO8Si2. The molecule has 0 amide bonds. The van der Waals surface area contributed by atoms with Gasteiger partial charge >= 0.3 is 17.6 Å². The first-order chi connectivity index (χ1) is 17.2. The van der Waals surface area contributed by atoms with Gasteiger partial charge in [0.25, 0.3) is 0 Å². The molecule has 0 aliphatic carbocycles. The maximum Gasteiger partial charge on any atom is 0.531 e. The van der Waals surface area contributed by atoms with Crippen LogP contribution in [-0.4, -0.2) is 87.0 Å². The predicted molar refractivity (Wildman–Crippen MR) is 148 cm³/mol. The van der Waals surface area contributed by atoms with Crippen LogP contribution in [0.25, 0.3) is 0 Å².